The lowest BCUT2D eigenvalue weighted by molar-refractivity contribution is 0.147. The highest BCUT2D eigenvalue weighted by atomic mass is 35.5. The molecule has 0 saturated carbocycles. The number of rotatable bonds is 6. The summed E-state index contributed by atoms with van der Waals surface area (Å²) in [5.74, 6) is 0.602. The van der Waals surface area contributed by atoms with Gasteiger partial charge in [-0.3, -0.25) is 0 Å². The number of aliphatic hydroxyl groups is 1. The van der Waals surface area contributed by atoms with Crippen molar-refractivity contribution >= 4 is 11.6 Å². The second-order valence-corrected chi connectivity index (χ2v) is 5.22. The van der Waals surface area contributed by atoms with Gasteiger partial charge in [-0.1, -0.05) is 41.9 Å². The Balaban J connectivity index is 2.24. The largest absolute Gasteiger partial charge is 0.494 e. The number of halogens is 1. The van der Waals surface area contributed by atoms with E-state index < -0.39 is 6.10 Å². The van der Waals surface area contributed by atoms with Crippen molar-refractivity contribution < 1.29 is 9.84 Å². The van der Waals surface area contributed by atoms with Crippen molar-refractivity contribution in [1.82, 2.24) is 0 Å². The highest BCUT2D eigenvalue weighted by molar-refractivity contribution is 6.31. The summed E-state index contributed by atoms with van der Waals surface area (Å²) in [6.07, 6.45) is -0.735. The number of benzene rings is 2. The second-order valence-electron chi connectivity index (χ2n) is 4.81. The third kappa shape index (κ3) is 3.76. The van der Waals surface area contributed by atoms with Crippen LogP contribution in [0, 0.1) is 0 Å². The van der Waals surface area contributed by atoms with Crippen LogP contribution in [-0.4, -0.2) is 18.3 Å². The minimum absolute atomic E-state index is 0.208. The van der Waals surface area contributed by atoms with Crippen molar-refractivity contribution in [2.45, 2.75) is 18.9 Å². The first-order valence-corrected chi connectivity index (χ1v) is 7.40. The van der Waals surface area contributed by atoms with Crippen molar-refractivity contribution in [1.29, 1.82) is 0 Å². The van der Waals surface area contributed by atoms with Gasteiger partial charge in [0.15, 0.2) is 0 Å². The quantitative estimate of drug-likeness (QED) is 0.858. The van der Waals surface area contributed by atoms with Gasteiger partial charge in [-0.2, -0.15) is 0 Å². The van der Waals surface area contributed by atoms with E-state index in [1.807, 2.05) is 49.4 Å². The molecule has 0 heterocycles. The van der Waals surface area contributed by atoms with Crippen LogP contribution in [0.2, 0.25) is 5.02 Å². The standard InChI is InChI=1S/C17H20ClNO2/c1-2-21-13-9-7-12(8-10-13)15(11-19)17(20)14-5-3-4-6-16(14)18/h3-10,15,17,20H,2,11,19H2,1H3. The molecule has 0 aliphatic heterocycles. The van der Waals surface area contributed by atoms with Gasteiger partial charge in [0.1, 0.15) is 5.75 Å². The van der Waals surface area contributed by atoms with Gasteiger partial charge >= 0.3 is 0 Å². The molecule has 0 saturated heterocycles. The van der Waals surface area contributed by atoms with E-state index in [4.69, 9.17) is 22.1 Å². The molecule has 2 atom stereocenters. The topological polar surface area (TPSA) is 55.5 Å². The van der Waals surface area contributed by atoms with Gasteiger partial charge in [-0.15, -0.1) is 0 Å². The Kier molecular flexibility index (Phi) is 5.62. The van der Waals surface area contributed by atoms with E-state index in [0.29, 0.717) is 23.7 Å². The van der Waals surface area contributed by atoms with Crippen LogP contribution in [0.25, 0.3) is 0 Å². The van der Waals surface area contributed by atoms with Gasteiger partial charge < -0.3 is 15.6 Å². The molecule has 112 valence electrons. The Bertz CT molecular complexity index is 571. The van der Waals surface area contributed by atoms with Crippen molar-refractivity contribution in [3.63, 3.8) is 0 Å². The molecule has 2 aromatic carbocycles. The fourth-order valence-corrected chi connectivity index (χ4v) is 2.60. The molecule has 0 spiro atoms. The van der Waals surface area contributed by atoms with Crippen LogP contribution in [-0.2, 0) is 0 Å². The molecule has 0 aromatic heterocycles. The molecule has 0 fully saturated rings. The zero-order valence-corrected chi connectivity index (χ0v) is 12.8. The van der Waals surface area contributed by atoms with Crippen LogP contribution in [0.3, 0.4) is 0 Å². The fourth-order valence-electron chi connectivity index (χ4n) is 2.36. The van der Waals surface area contributed by atoms with E-state index >= 15 is 0 Å². The lowest BCUT2D eigenvalue weighted by atomic mass is 9.89. The minimum atomic E-state index is -0.735. The Morgan fingerprint density at radius 2 is 1.81 bits per heavy atom. The van der Waals surface area contributed by atoms with E-state index in [0.717, 1.165) is 11.3 Å². The second kappa shape index (κ2) is 7.46. The Labute approximate surface area is 130 Å². The summed E-state index contributed by atoms with van der Waals surface area (Å²) in [5, 5.41) is 11.1. The summed E-state index contributed by atoms with van der Waals surface area (Å²) in [5.41, 5.74) is 7.52. The number of aliphatic hydroxyl groups excluding tert-OH is 1. The van der Waals surface area contributed by atoms with Crippen molar-refractivity contribution in [2.75, 3.05) is 13.2 Å². The average molecular weight is 306 g/mol. The van der Waals surface area contributed by atoms with Crippen LogP contribution in [0.5, 0.6) is 5.75 Å². The summed E-state index contributed by atoms with van der Waals surface area (Å²) >= 11 is 6.15. The van der Waals surface area contributed by atoms with Gasteiger partial charge in [0.05, 0.1) is 12.7 Å². The third-order valence-electron chi connectivity index (χ3n) is 3.48. The Morgan fingerprint density at radius 1 is 1.14 bits per heavy atom. The lowest BCUT2D eigenvalue weighted by Gasteiger charge is -2.23. The molecular weight excluding hydrogens is 286 g/mol. The predicted molar refractivity (Wildman–Crippen MR) is 85.8 cm³/mol. The van der Waals surface area contributed by atoms with Crippen molar-refractivity contribution in [3.8, 4) is 5.75 Å². The fraction of sp³-hybridized carbons (Fsp3) is 0.294. The highest BCUT2D eigenvalue weighted by Crippen LogP contribution is 2.34. The van der Waals surface area contributed by atoms with Crippen molar-refractivity contribution in [2.24, 2.45) is 5.73 Å². The number of ether oxygens (including phenoxy) is 1. The monoisotopic (exact) mass is 305 g/mol. The molecule has 0 bridgehead atoms. The van der Waals surface area contributed by atoms with Crippen LogP contribution in [0.15, 0.2) is 48.5 Å². The molecule has 3 nitrogen and oxygen atoms in total. The molecule has 0 amide bonds. The van der Waals surface area contributed by atoms with Crippen LogP contribution in [0.4, 0.5) is 0 Å². The minimum Gasteiger partial charge on any atom is -0.494 e. The molecular formula is C17H20ClNO2. The first kappa shape index (κ1) is 15.8. The maximum Gasteiger partial charge on any atom is 0.119 e. The molecule has 0 radical (unpaired) electrons. The zero-order chi connectivity index (χ0) is 15.2. The maximum absolute atomic E-state index is 10.6. The molecule has 2 aromatic rings. The lowest BCUT2D eigenvalue weighted by Crippen LogP contribution is -2.20. The summed E-state index contributed by atoms with van der Waals surface area (Å²) in [7, 11) is 0. The van der Waals surface area contributed by atoms with Crippen molar-refractivity contribution in [3.05, 3.63) is 64.7 Å². The molecule has 2 unspecified atom stereocenters. The number of hydrogen-bond donors (Lipinski definition) is 2. The molecule has 3 N–H and O–H groups in total. The van der Waals surface area contributed by atoms with Crippen LogP contribution in [0.1, 0.15) is 30.1 Å². The van der Waals surface area contributed by atoms with E-state index in [9.17, 15) is 5.11 Å². The zero-order valence-electron chi connectivity index (χ0n) is 12.0. The maximum atomic E-state index is 10.6. The summed E-state index contributed by atoms with van der Waals surface area (Å²) in [6, 6.07) is 14.9. The number of nitrogens with two attached hydrogens (primary N) is 1. The highest BCUT2D eigenvalue weighted by Gasteiger charge is 2.23. The van der Waals surface area contributed by atoms with Gasteiger partial charge in [0.25, 0.3) is 0 Å². The number of hydrogen-bond acceptors (Lipinski definition) is 3. The van der Waals surface area contributed by atoms with E-state index in [1.54, 1.807) is 6.07 Å². The third-order valence-corrected chi connectivity index (χ3v) is 3.82. The molecule has 4 heteroatoms. The first-order chi connectivity index (χ1) is 10.2. The predicted octanol–water partition coefficient (Wildman–Crippen LogP) is 3.51. The first-order valence-electron chi connectivity index (χ1n) is 7.02. The molecule has 2 rings (SSSR count). The summed E-state index contributed by atoms with van der Waals surface area (Å²) in [6.45, 7) is 2.90. The van der Waals surface area contributed by atoms with Gasteiger partial charge in [-0.25, -0.2) is 0 Å². The van der Waals surface area contributed by atoms with Gasteiger partial charge in [-0.05, 0) is 36.2 Å². The summed E-state index contributed by atoms with van der Waals surface area (Å²) < 4.78 is 5.42. The van der Waals surface area contributed by atoms with Crippen LogP contribution < -0.4 is 10.5 Å². The van der Waals surface area contributed by atoms with E-state index in [1.165, 1.54) is 0 Å². The normalized spacial score (nSPS) is 13.7. The van der Waals surface area contributed by atoms with E-state index in [2.05, 4.69) is 0 Å². The average Bonchev–Trinajstić information content (AvgIpc) is 2.50. The Hall–Kier alpha value is -1.55. The summed E-state index contributed by atoms with van der Waals surface area (Å²) in [4.78, 5) is 0. The van der Waals surface area contributed by atoms with Gasteiger partial charge in [0.2, 0.25) is 0 Å². The molecule has 0 aliphatic rings. The molecule has 0 aliphatic carbocycles. The molecule has 21 heavy (non-hydrogen) atoms. The Morgan fingerprint density at radius 3 is 2.38 bits per heavy atom. The van der Waals surface area contributed by atoms with Gasteiger partial charge in [0, 0.05) is 17.5 Å². The smallest absolute Gasteiger partial charge is 0.119 e. The SMILES string of the molecule is CCOc1ccc(C(CN)C(O)c2ccccc2Cl)cc1. The van der Waals surface area contributed by atoms with Crippen LogP contribution >= 0.6 is 11.6 Å². The van der Waals surface area contributed by atoms with E-state index in [-0.39, 0.29) is 5.92 Å².